The Morgan fingerprint density at radius 1 is 0.823 bits per heavy atom. The van der Waals surface area contributed by atoms with Gasteiger partial charge in [-0.25, -0.2) is 9.59 Å². The average molecular weight is 864 g/mol. The summed E-state index contributed by atoms with van der Waals surface area (Å²) >= 11 is 0. The van der Waals surface area contributed by atoms with Crippen molar-refractivity contribution in [3.63, 3.8) is 0 Å². The monoisotopic (exact) mass is 863 g/mol. The number of aliphatic hydroxyl groups is 1. The molecule has 1 heterocycles. The number of esters is 2. The van der Waals surface area contributed by atoms with Crippen LogP contribution in [0.25, 0.3) is 0 Å². The summed E-state index contributed by atoms with van der Waals surface area (Å²) in [6.07, 6.45) is 1.14. The van der Waals surface area contributed by atoms with E-state index < -0.39 is 85.0 Å². The number of hydrogen-bond donors (Lipinski definition) is 2. The molecule has 3 aliphatic carbocycles. The molecule has 332 valence electrons. The van der Waals surface area contributed by atoms with Crippen molar-refractivity contribution in [1.29, 1.82) is 0 Å². The second kappa shape index (κ2) is 17.6. The third-order valence-electron chi connectivity index (χ3n) is 14.8. The quantitative estimate of drug-likeness (QED) is 0.0981. The van der Waals surface area contributed by atoms with Gasteiger partial charge in [0.1, 0.15) is 23.9 Å². The molecule has 0 spiro atoms. The van der Waals surface area contributed by atoms with Crippen molar-refractivity contribution >= 4 is 26.2 Å². The lowest BCUT2D eigenvalue weighted by molar-refractivity contribution is -0.213. The first-order valence-electron chi connectivity index (χ1n) is 22.4. The first kappa shape index (κ1) is 45.6. The number of allylic oxidation sites excluding steroid dienone is 1. The van der Waals surface area contributed by atoms with Gasteiger partial charge in [0.05, 0.1) is 17.7 Å². The highest BCUT2D eigenvalue weighted by molar-refractivity contribution is 6.73. The van der Waals surface area contributed by atoms with Crippen LogP contribution < -0.4 is 5.32 Å². The number of benzene rings is 3. The second-order valence-corrected chi connectivity index (χ2v) is 23.7. The van der Waals surface area contributed by atoms with E-state index in [4.69, 9.17) is 23.4 Å². The summed E-state index contributed by atoms with van der Waals surface area (Å²) in [5.74, 6) is -3.06. The predicted octanol–water partition coefficient (Wildman–Crippen LogP) is 9.67. The molecule has 2 bridgehead atoms. The van der Waals surface area contributed by atoms with Crippen molar-refractivity contribution in [3.05, 3.63) is 131 Å². The fourth-order valence-electron chi connectivity index (χ4n) is 10.8. The van der Waals surface area contributed by atoms with E-state index in [2.05, 4.69) is 45.2 Å². The molecule has 1 saturated heterocycles. The predicted molar refractivity (Wildman–Crippen MR) is 241 cm³/mol. The molecule has 1 amide bonds. The minimum Gasteiger partial charge on any atom is -0.456 e. The van der Waals surface area contributed by atoms with Crippen molar-refractivity contribution in [2.75, 3.05) is 0 Å². The van der Waals surface area contributed by atoms with Gasteiger partial charge in [0.15, 0.2) is 20.2 Å². The van der Waals surface area contributed by atoms with Gasteiger partial charge in [0.25, 0.3) is 5.91 Å². The van der Waals surface area contributed by atoms with Crippen LogP contribution >= 0.6 is 0 Å². The molecule has 3 aromatic rings. The lowest BCUT2D eigenvalue weighted by Crippen LogP contribution is -2.69. The van der Waals surface area contributed by atoms with Crippen LogP contribution in [0.3, 0.4) is 0 Å². The zero-order chi connectivity index (χ0) is 44.7. The van der Waals surface area contributed by atoms with Gasteiger partial charge in [-0.15, -0.1) is 0 Å². The first-order chi connectivity index (χ1) is 29.4. The summed E-state index contributed by atoms with van der Waals surface area (Å²) in [4.78, 5) is 43.6. The van der Waals surface area contributed by atoms with Gasteiger partial charge in [-0.2, -0.15) is 0 Å². The molecule has 2 N–H and O–H groups in total. The van der Waals surface area contributed by atoms with Crippen LogP contribution in [-0.4, -0.2) is 73.2 Å². The van der Waals surface area contributed by atoms with Gasteiger partial charge < -0.3 is 33.8 Å². The molecular formula is C51H65NO9Si. The lowest BCUT2D eigenvalue weighted by Gasteiger charge is -2.60. The Labute approximate surface area is 368 Å². The van der Waals surface area contributed by atoms with Gasteiger partial charge in [0.2, 0.25) is 0 Å². The largest absolute Gasteiger partial charge is 0.456 e. The SMILES string of the molecule is CC[Si](CC)(CC)O[C@@H](C(=O)O[C@H]1C[C@@]2(O)[C@@H](OC(=O)c3ccccc3)[C@@H]3C=CCC[C@@]3(C)[C@H]3OC(C)(C)O[C@@H]3C(=C1C)C2(C)C)[C@@H](NC(=O)c1ccccc1)c1ccccc1. The summed E-state index contributed by atoms with van der Waals surface area (Å²) in [5.41, 5.74) is -0.489. The third kappa shape index (κ3) is 8.27. The molecule has 4 aliphatic rings. The standard InChI is InChI=1S/C51H65NO9Si/c1-10-62(11-2,12-3)61-42(40(34-24-16-13-17-25-34)52-45(53)35-26-18-14-19-27-35)47(55)57-38-32-51(56)43(58-46(54)36-28-20-15-21-29-36)37-30-22-23-31-50(37,9)44-41(59-49(7,8)60-44)39(33(38)4)48(51,5)6/h13-22,24-30,37-38,40-44,56H,10-12,23,31-32H2,1-9H3,(H,52,53)/t37-,38-,40-,41+,42+,43-,44-,50+,51+/m0/s1. The Kier molecular flexibility index (Phi) is 13.0. The molecule has 10 nitrogen and oxygen atoms in total. The Bertz CT molecular complexity index is 2140. The molecule has 2 fully saturated rings. The van der Waals surface area contributed by atoms with Crippen molar-refractivity contribution in [2.24, 2.45) is 16.7 Å². The van der Waals surface area contributed by atoms with Gasteiger partial charge in [-0.05, 0) is 92.7 Å². The Hall–Kier alpha value is -4.39. The summed E-state index contributed by atoms with van der Waals surface area (Å²) in [6.45, 7) is 18.1. The molecule has 11 heteroatoms. The van der Waals surface area contributed by atoms with Crippen LogP contribution in [0.5, 0.6) is 0 Å². The molecule has 3 aromatic carbocycles. The van der Waals surface area contributed by atoms with E-state index in [1.807, 2.05) is 77.1 Å². The van der Waals surface area contributed by atoms with E-state index >= 15 is 4.79 Å². The zero-order valence-electron chi connectivity index (χ0n) is 37.8. The van der Waals surface area contributed by atoms with E-state index in [-0.39, 0.29) is 12.3 Å². The molecular weight excluding hydrogens is 799 g/mol. The fraction of sp³-hybridized carbons (Fsp3) is 0.510. The van der Waals surface area contributed by atoms with Gasteiger partial charge in [-0.1, -0.05) is 120 Å². The molecule has 0 radical (unpaired) electrons. The summed E-state index contributed by atoms with van der Waals surface area (Å²) in [7, 11) is -2.57. The fourth-order valence-corrected chi connectivity index (χ4v) is 13.6. The van der Waals surface area contributed by atoms with Crippen LogP contribution in [0, 0.1) is 16.7 Å². The highest BCUT2D eigenvalue weighted by atomic mass is 28.4. The first-order valence-corrected chi connectivity index (χ1v) is 25.0. The van der Waals surface area contributed by atoms with E-state index in [1.54, 1.807) is 48.5 Å². The number of nitrogens with one attached hydrogen (secondary N) is 1. The second-order valence-electron chi connectivity index (χ2n) is 19.0. The highest BCUT2D eigenvalue weighted by Gasteiger charge is 2.69. The van der Waals surface area contributed by atoms with Crippen LogP contribution in [-0.2, 0) is 28.2 Å². The number of ether oxygens (including phenoxy) is 4. The van der Waals surface area contributed by atoms with Crippen LogP contribution in [0.4, 0.5) is 0 Å². The third-order valence-corrected chi connectivity index (χ3v) is 19.4. The van der Waals surface area contributed by atoms with Gasteiger partial charge >= 0.3 is 11.9 Å². The van der Waals surface area contributed by atoms with Crippen LogP contribution in [0.1, 0.15) is 114 Å². The number of hydrogen-bond acceptors (Lipinski definition) is 9. The van der Waals surface area contributed by atoms with Gasteiger partial charge in [0, 0.05) is 28.7 Å². The average Bonchev–Trinajstić information content (AvgIpc) is 3.60. The molecule has 1 saturated carbocycles. The van der Waals surface area contributed by atoms with Crippen molar-refractivity contribution in [1.82, 2.24) is 5.32 Å². The molecule has 0 aromatic heterocycles. The number of fused-ring (bicyclic) bond motifs is 6. The van der Waals surface area contributed by atoms with E-state index in [0.29, 0.717) is 23.1 Å². The Morgan fingerprint density at radius 3 is 2.00 bits per heavy atom. The highest BCUT2D eigenvalue weighted by Crippen LogP contribution is 2.63. The van der Waals surface area contributed by atoms with E-state index in [9.17, 15) is 14.7 Å². The molecule has 0 unspecified atom stereocenters. The summed E-state index contributed by atoms with van der Waals surface area (Å²) in [5, 5.41) is 16.9. The summed E-state index contributed by atoms with van der Waals surface area (Å²) < 4.78 is 34.3. The molecule has 62 heavy (non-hydrogen) atoms. The summed E-state index contributed by atoms with van der Waals surface area (Å²) in [6, 6.07) is 28.4. The zero-order valence-corrected chi connectivity index (χ0v) is 38.8. The maximum atomic E-state index is 15.4. The normalized spacial score (nSPS) is 29.5. The number of rotatable bonds is 13. The van der Waals surface area contributed by atoms with E-state index in [1.165, 1.54) is 0 Å². The lowest BCUT2D eigenvalue weighted by atomic mass is 9.49. The van der Waals surface area contributed by atoms with Gasteiger partial charge in [-0.3, -0.25) is 4.79 Å². The number of carbonyl (C=O) groups excluding carboxylic acids is 3. The van der Waals surface area contributed by atoms with Crippen LogP contribution in [0.15, 0.2) is 114 Å². The van der Waals surface area contributed by atoms with Crippen molar-refractivity contribution in [3.8, 4) is 0 Å². The van der Waals surface area contributed by atoms with Crippen molar-refractivity contribution in [2.45, 2.75) is 148 Å². The topological polar surface area (TPSA) is 130 Å². The molecule has 7 rings (SSSR count). The van der Waals surface area contributed by atoms with E-state index in [0.717, 1.165) is 35.7 Å². The smallest absolute Gasteiger partial charge is 0.338 e. The number of amides is 1. The maximum Gasteiger partial charge on any atom is 0.338 e. The Balaban J connectivity index is 1.37. The minimum atomic E-state index is -2.57. The Morgan fingerprint density at radius 2 is 1.40 bits per heavy atom. The molecule has 9 atom stereocenters. The minimum absolute atomic E-state index is 0.0765. The maximum absolute atomic E-state index is 15.4. The molecule has 1 aliphatic heterocycles. The van der Waals surface area contributed by atoms with Crippen molar-refractivity contribution < 1.29 is 42.9 Å². The number of carbonyl (C=O) groups is 3. The van der Waals surface area contributed by atoms with Crippen LogP contribution in [0.2, 0.25) is 18.1 Å².